The molecule has 0 saturated heterocycles. The minimum Gasteiger partial charge on any atom is -0.274 e. The van der Waals surface area contributed by atoms with Crippen LogP contribution in [0.4, 0.5) is 0 Å². The predicted molar refractivity (Wildman–Crippen MR) is 79.7 cm³/mol. The molecule has 110 valence electrons. The number of carbonyl (C=O) groups excluding carboxylic acids is 1. The Hall–Kier alpha value is -1.63. The summed E-state index contributed by atoms with van der Waals surface area (Å²) in [7, 11) is -4.12. The third-order valence-corrected chi connectivity index (χ3v) is 4.85. The van der Waals surface area contributed by atoms with Crippen LogP contribution in [0.15, 0.2) is 47.6 Å². The minimum absolute atomic E-state index is 0.0517. The van der Waals surface area contributed by atoms with Gasteiger partial charge in [0, 0.05) is 12.4 Å². The molecule has 0 aliphatic carbocycles. The Labute approximate surface area is 132 Å². The van der Waals surface area contributed by atoms with Gasteiger partial charge >= 0.3 is 0 Å². The van der Waals surface area contributed by atoms with Gasteiger partial charge in [0.2, 0.25) is 5.91 Å². The molecule has 2 rings (SSSR count). The van der Waals surface area contributed by atoms with E-state index in [-0.39, 0.29) is 21.4 Å². The van der Waals surface area contributed by atoms with Gasteiger partial charge < -0.3 is 0 Å². The first-order valence-corrected chi connectivity index (χ1v) is 8.02. The zero-order valence-electron chi connectivity index (χ0n) is 10.6. The standard InChI is InChI=1S/C13H10Cl2N2O3S/c14-10-4-1-5-11(15)13(10)21(19,20)17-12(18)7-9-3-2-6-16-8-9/h1-6,8H,7H2,(H,17,18). The molecule has 5 nitrogen and oxygen atoms in total. The molecule has 0 radical (unpaired) electrons. The Morgan fingerprint density at radius 3 is 2.38 bits per heavy atom. The molecule has 1 heterocycles. The number of pyridine rings is 1. The van der Waals surface area contributed by atoms with E-state index in [0.29, 0.717) is 5.56 Å². The first-order valence-electron chi connectivity index (χ1n) is 5.79. The molecule has 0 bridgehead atoms. The zero-order chi connectivity index (χ0) is 15.5. The topological polar surface area (TPSA) is 76.1 Å². The normalized spacial score (nSPS) is 11.1. The number of hydrogen-bond donors (Lipinski definition) is 1. The fourth-order valence-electron chi connectivity index (χ4n) is 1.66. The Bertz CT molecular complexity index is 744. The Balaban J connectivity index is 2.20. The van der Waals surface area contributed by atoms with Crippen LogP contribution in [0.1, 0.15) is 5.56 Å². The molecule has 2 aromatic rings. The van der Waals surface area contributed by atoms with E-state index in [9.17, 15) is 13.2 Å². The van der Waals surface area contributed by atoms with E-state index in [4.69, 9.17) is 23.2 Å². The van der Waals surface area contributed by atoms with Crippen LogP contribution in [-0.4, -0.2) is 19.3 Å². The predicted octanol–water partition coefficient (Wildman–Crippen LogP) is 2.44. The first kappa shape index (κ1) is 15.8. The SMILES string of the molecule is O=C(Cc1cccnc1)NS(=O)(=O)c1c(Cl)cccc1Cl. The largest absolute Gasteiger partial charge is 0.274 e. The highest BCUT2D eigenvalue weighted by Crippen LogP contribution is 2.28. The van der Waals surface area contributed by atoms with Gasteiger partial charge in [0.15, 0.2) is 0 Å². The summed E-state index contributed by atoms with van der Waals surface area (Å²) in [5, 5.41) is -0.103. The van der Waals surface area contributed by atoms with Crippen molar-refractivity contribution in [3.05, 3.63) is 58.3 Å². The smallest absolute Gasteiger partial charge is 0.267 e. The van der Waals surface area contributed by atoms with Crippen LogP contribution < -0.4 is 4.72 Å². The number of nitrogens with zero attached hydrogens (tertiary/aromatic N) is 1. The van der Waals surface area contributed by atoms with Gasteiger partial charge in [0.25, 0.3) is 10.0 Å². The van der Waals surface area contributed by atoms with Gasteiger partial charge in [-0.25, -0.2) is 13.1 Å². The van der Waals surface area contributed by atoms with E-state index in [1.165, 1.54) is 24.4 Å². The fraction of sp³-hybridized carbons (Fsp3) is 0.0769. The van der Waals surface area contributed by atoms with E-state index >= 15 is 0 Å². The highest BCUT2D eigenvalue weighted by atomic mass is 35.5. The summed E-state index contributed by atoms with van der Waals surface area (Å²) in [6.07, 6.45) is 2.92. The summed E-state index contributed by atoms with van der Waals surface area (Å²) in [4.78, 5) is 15.4. The van der Waals surface area contributed by atoms with E-state index in [0.717, 1.165) is 0 Å². The van der Waals surface area contributed by atoms with Gasteiger partial charge in [-0.1, -0.05) is 35.3 Å². The molecular weight excluding hydrogens is 335 g/mol. The summed E-state index contributed by atoms with van der Waals surface area (Å²) < 4.78 is 26.3. The summed E-state index contributed by atoms with van der Waals surface area (Å²) >= 11 is 11.7. The maximum absolute atomic E-state index is 12.2. The maximum atomic E-state index is 12.2. The Kier molecular flexibility index (Phi) is 4.82. The number of nitrogens with one attached hydrogen (secondary N) is 1. The molecule has 0 saturated carbocycles. The van der Waals surface area contributed by atoms with E-state index in [1.807, 2.05) is 4.72 Å². The molecule has 0 spiro atoms. The lowest BCUT2D eigenvalue weighted by atomic mass is 10.2. The van der Waals surface area contributed by atoms with Crippen molar-refractivity contribution in [2.45, 2.75) is 11.3 Å². The molecule has 1 aromatic carbocycles. The van der Waals surface area contributed by atoms with Crippen molar-refractivity contribution in [2.24, 2.45) is 0 Å². The number of benzene rings is 1. The number of halogens is 2. The Morgan fingerprint density at radius 1 is 1.14 bits per heavy atom. The van der Waals surface area contributed by atoms with Crippen molar-refractivity contribution >= 4 is 39.1 Å². The fourth-order valence-corrected chi connectivity index (χ4v) is 3.79. The van der Waals surface area contributed by atoms with Crippen molar-refractivity contribution in [1.29, 1.82) is 0 Å². The summed E-state index contributed by atoms with van der Waals surface area (Å²) in [6.45, 7) is 0. The molecule has 0 aliphatic rings. The third kappa shape index (κ3) is 3.93. The molecule has 1 amide bonds. The van der Waals surface area contributed by atoms with E-state index in [2.05, 4.69) is 4.98 Å². The van der Waals surface area contributed by atoms with Gasteiger partial charge in [0.1, 0.15) is 4.90 Å². The quantitative estimate of drug-likeness (QED) is 0.923. The minimum atomic E-state index is -4.12. The molecule has 0 fully saturated rings. The summed E-state index contributed by atoms with van der Waals surface area (Å²) in [5.41, 5.74) is 0.593. The third-order valence-electron chi connectivity index (χ3n) is 2.52. The van der Waals surface area contributed by atoms with Crippen LogP contribution in [0, 0.1) is 0 Å². The van der Waals surface area contributed by atoms with Crippen molar-refractivity contribution in [2.75, 3.05) is 0 Å². The van der Waals surface area contributed by atoms with Gasteiger partial charge in [-0.05, 0) is 23.8 Å². The van der Waals surface area contributed by atoms with Gasteiger partial charge in [-0.15, -0.1) is 0 Å². The lowest BCUT2D eigenvalue weighted by Gasteiger charge is -2.09. The number of rotatable bonds is 4. The second-order valence-electron chi connectivity index (χ2n) is 4.12. The van der Waals surface area contributed by atoms with Crippen LogP contribution in [-0.2, 0) is 21.2 Å². The number of hydrogen-bond acceptors (Lipinski definition) is 4. The van der Waals surface area contributed by atoms with Crippen molar-refractivity contribution < 1.29 is 13.2 Å². The van der Waals surface area contributed by atoms with Crippen LogP contribution in [0.3, 0.4) is 0 Å². The van der Waals surface area contributed by atoms with Gasteiger partial charge in [0.05, 0.1) is 16.5 Å². The summed E-state index contributed by atoms with van der Waals surface area (Å²) in [6, 6.07) is 7.60. The molecule has 8 heteroatoms. The lowest BCUT2D eigenvalue weighted by Crippen LogP contribution is -2.32. The molecule has 1 N–H and O–H groups in total. The maximum Gasteiger partial charge on any atom is 0.267 e. The molecule has 21 heavy (non-hydrogen) atoms. The number of aromatic nitrogens is 1. The molecule has 0 unspecified atom stereocenters. The highest BCUT2D eigenvalue weighted by molar-refractivity contribution is 7.90. The van der Waals surface area contributed by atoms with Crippen LogP contribution >= 0.6 is 23.2 Å². The number of amides is 1. The van der Waals surface area contributed by atoms with E-state index in [1.54, 1.807) is 18.3 Å². The lowest BCUT2D eigenvalue weighted by molar-refractivity contribution is -0.118. The first-order chi connectivity index (χ1) is 9.90. The second kappa shape index (κ2) is 6.43. The monoisotopic (exact) mass is 344 g/mol. The molecule has 0 aliphatic heterocycles. The second-order valence-corrected chi connectivity index (χ2v) is 6.55. The van der Waals surface area contributed by atoms with E-state index < -0.39 is 15.9 Å². The zero-order valence-corrected chi connectivity index (χ0v) is 12.9. The van der Waals surface area contributed by atoms with Crippen molar-refractivity contribution in [1.82, 2.24) is 9.71 Å². The van der Waals surface area contributed by atoms with Crippen LogP contribution in [0.25, 0.3) is 0 Å². The number of carbonyl (C=O) groups is 1. The average Bonchev–Trinajstić information content (AvgIpc) is 2.38. The highest BCUT2D eigenvalue weighted by Gasteiger charge is 2.23. The van der Waals surface area contributed by atoms with Gasteiger partial charge in [-0.3, -0.25) is 9.78 Å². The number of sulfonamides is 1. The van der Waals surface area contributed by atoms with Crippen LogP contribution in [0.2, 0.25) is 10.0 Å². The van der Waals surface area contributed by atoms with Crippen molar-refractivity contribution in [3.8, 4) is 0 Å². The Morgan fingerprint density at radius 2 is 1.81 bits per heavy atom. The molecule has 0 atom stereocenters. The summed E-state index contributed by atoms with van der Waals surface area (Å²) in [5.74, 6) is -0.695. The molecule has 1 aromatic heterocycles. The molecular formula is C13H10Cl2N2O3S. The van der Waals surface area contributed by atoms with Gasteiger partial charge in [-0.2, -0.15) is 0 Å². The van der Waals surface area contributed by atoms with Crippen molar-refractivity contribution in [3.63, 3.8) is 0 Å². The average molecular weight is 345 g/mol. The van der Waals surface area contributed by atoms with Crippen LogP contribution in [0.5, 0.6) is 0 Å².